The van der Waals surface area contributed by atoms with Crippen molar-refractivity contribution in [2.45, 2.75) is 26.2 Å². The van der Waals surface area contributed by atoms with Crippen LogP contribution in [0.4, 0.5) is 17.5 Å². The van der Waals surface area contributed by atoms with Gasteiger partial charge in [-0.05, 0) is 38.3 Å². The highest BCUT2D eigenvalue weighted by molar-refractivity contribution is 5.56. The van der Waals surface area contributed by atoms with E-state index in [4.69, 9.17) is 0 Å². The molecule has 0 aliphatic carbocycles. The van der Waals surface area contributed by atoms with Gasteiger partial charge in [0, 0.05) is 18.8 Å². The number of hydrogen-bond donors (Lipinski definition) is 1. The molecule has 1 aliphatic heterocycles. The quantitative estimate of drug-likeness (QED) is 0.928. The Hall–Kier alpha value is -2.17. The summed E-state index contributed by atoms with van der Waals surface area (Å²) in [6, 6.07) is 8.22. The molecule has 0 bridgehead atoms. The SMILES string of the molecule is Cc1ccc(Nc2cnnc(N3CCCCC3)n2)cc1. The van der Waals surface area contributed by atoms with Crippen LogP contribution >= 0.6 is 0 Å². The van der Waals surface area contributed by atoms with Crippen molar-refractivity contribution in [3.05, 3.63) is 36.0 Å². The van der Waals surface area contributed by atoms with Crippen molar-refractivity contribution in [2.75, 3.05) is 23.3 Å². The van der Waals surface area contributed by atoms with Crippen LogP contribution in [0, 0.1) is 6.92 Å². The van der Waals surface area contributed by atoms with Crippen LogP contribution in [-0.4, -0.2) is 28.3 Å². The van der Waals surface area contributed by atoms with Gasteiger partial charge in [-0.2, -0.15) is 10.1 Å². The van der Waals surface area contributed by atoms with E-state index in [-0.39, 0.29) is 0 Å². The highest BCUT2D eigenvalue weighted by atomic mass is 15.3. The molecule has 1 N–H and O–H groups in total. The fourth-order valence-electron chi connectivity index (χ4n) is 2.37. The number of hydrogen-bond acceptors (Lipinski definition) is 5. The second-order valence-electron chi connectivity index (χ2n) is 5.18. The predicted molar refractivity (Wildman–Crippen MR) is 80.4 cm³/mol. The van der Waals surface area contributed by atoms with Crippen molar-refractivity contribution in [1.82, 2.24) is 15.2 Å². The zero-order chi connectivity index (χ0) is 13.8. The summed E-state index contributed by atoms with van der Waals surface area (Å²) in [4.78, 5) is 6.76. The molecule has 5 nitrogen and oxygen atoms in total. The van der Waals surface area contributed by atoms with Crippen LogP contribution in [0.15, 0.2) is 30.5 Å². The zero-order valence-corrected chi connectivity index (χ0v) is 11.7. The van der Waals surface area contributed by atoms with E-state index in [1.165, 1.54) is 24.8 Å². The first kappa shape index (κ1) is 12.8. The largest absolute Gasteiger partial charge is 0.339 e. The Labute approximate surface area is 119 Å². The number of nitrogens with zero attached hydrogens (tertiary/aromatic N) is 4. The molecule has 104 valence electrons. The monoisotopic (exact) mass is 269 g/mol. The molecule has 1 fully saturated rings. The van der Waals surface area contributed by atoms with E-state index < -0.39 is 0 Å². The Kier molecular flexibility index (Phi) is 3.76. The number of piperidine rings is 1. The van der Waals surface area contributed by atoms with E-state index in [1.807, 2.05) is 12.1 Å². The number of nitrogens with one attached hydrogen (secondary N) is 1. The summed E-state index contributed by atoms with van der Waals surface area (Å²) in [6.07, 6.45) is 5.37. The molecule has 20 heavy (non-hydrogen) atoms. The van der Waals surface area contributed by atoms with E-state index in [2.05, 4.69) is 44.5 Å². The summed E-state index contributed by atoms with van der Waals surface area (Å²) in [5.41, 5.74) is 2.26. The van der Waals surface area contributed by atoms with Crippen LogP contribution in [0.2, 0.25) is 0 Å². The van der Waals surface area contributed by atoms with Crippen molar-refractivity contribution in [1.29, 1.82) is 0 Å². The molecule has 0 amide bonds. The second kappa shape index (κ2) is 5.86. The van der Waals surface area contributed by atoms with Gasteiger partial charge >= 0.3 is 0 Å². The minimum absolute atomic E-state index is 0.724. The number of aromatic nitrogens is 3. The lowest BCUT2D eigenvalue weighted by atomic mass is 10.1. The van der Waals surface area contributed by atoms with Crippen LogP contribution in [-0.2, 0) is 0 Å². The molecule has 5 heteroatoms. The van der Waals surface area contributed by atoms with Gasteiger partial charge in [-0.3, -0.25) is 0 Å². The average molecular weight is 269 g/mol. The molecule has 1 aromatic carbocycles. The van der Waals surface area contributed by atoms with Gasteiger partial charge in [0.15, 0.2) is 5.82 Å². The van der Waals surface area contributed by atoms with E-state index in [0.717, 1.165) is 30.5 Å². The first-order valence-electron chi connectivity index (χ1n) is 7.10. The van der Waals surface area contributed by atoms with Crippen LogP contribution in [0.25, 0.3) is 0 Å². The van der Waals surface area contributed by atoms with E-state index in [9.17, 15) is 0 Å². The summed E-state index contributed by atoms with van der Waals surface area (Å²) in [7, 11) is 0. The van der Waals surface area contributed by atoms with Gasteiger partial charge in [0.25, 0.3) is 0 Å². The molecule has 2 aromatic rings. The topological polar surface area (TPSA) is 53.9 Å². The molecule has 2 heterocycles. The number of benzene rings is 1. The third kappa shape index (κ3) is 3.04. The fourth-order valence-corrected chi connectivity index (χ4v) is 2.37. The van der Waals surface area contributed by atoms with Crippen molar-refractivity contribution < 1.29 is 0 Å². The molecule has 1 saturated heterocycles. The van der Waals surface area contributed by atoms with Crippen LogP contribution in [0.5, 0.6) is 0 Å². The molecule has 1 aliphatic rings. The van der Waals surface area contributed by atoms with E-state index in [0.29, 0.717) is 0 Å². The maximum Gasteiger partial charge on any atom is 0.247 e. The number of anilines is 3. The normalized spacial score (nSPS) is 15.2. The lowest BCUT2D eigenvalue weighted by Gasteiger charge is -2.26. The molecular formula is C15H19N5. The third-order valence-electron chi connectivity index (χ3n) is 3.51. The third-order valence-corrected chi connectivity index (χ3v) is 3.51. The first-order valence-corrected chi connectivity index (χ1v) is 7.10. The zero-order valence-electron chi connectivity index (χ0n) is 11.7. The van der Waals surface area contributed by atoms with Crippen LogP contribution in [0.3, 0.4) is 0 Å². The maximum atomic E-state index is 4.56. The van der Waals surface area contributed by atoms with E-state index in [1.54, 1.807) is 6.20 Å². The predicted octanol–water partition coefficient (Wildman–Crippen LogP) is 2.91. The van der Waals surface area contributed by atoms with Crippen molar-refractivity contribution in [3.63, 3.8) is 0 Å². The standard InChI is InChI=1S/C15H19N5/c1-12-5-7-13(8-6-12)17-14-11-16-19-15(18-14)20-9-3-2-4-10-20/h5-8,11H,2-4,9-10H2,1H3,(H,17,18,19). The van der Waals surface area contributed by atoms with Gasteiger partial charge in [-0.25, -0.2) is 0 Å². The lowest BCUT2D eigenvalue weighted by molar-refractivity contribution is 0.565. The van der Waals surface area contributed by atoms with Crippen LogP contribution in [0.1, 0.15) is 24.8 Å². The Balaban J connectivity index is 1.75. The Bertz CT molecular complexity index is 561. The van der Waals surface area contributed by atoms with Gasteiger partial charge in [-0.15, -0.1) is 5.10 Å². The van der Waals surface area contributed by atoms with Gasteiger partial charge in [0.05, 0.1) is 6.20 Å². The average Bonchev–Trinajstić information content (AvgIpc) is 2.51. The molecule has 0 unspecified atom stereocenters. The van der Waals surface area contributed by atoms with E-state index >= 15 is 0 Å². The minimum atomic E-state index is 0.724. The Morgan fingerprint density at radius 3 is 2.55 bits per heavy atom. The first-order chi connectivity index (χ1) is 9.81. The summed E-state index contributed by atoms with van der Waals surface area (Å²) >= 11 is 0. The number of rotatable bonds is 3. The molecule has 1 aromatic heterocycles. The summed E-state index contributed by atoms with van der Waals surface area (Å²) in [5, 5.41) is 11.5. The highest BCUT2D eigenvalue weighted by Gasteiger charge is 2.14. The summed E-state index contributed by atoms with van der Waals surface area (Å²) in [6.45, 7) is 4.12. The van der Waals surface area contributed by atoms with Gasteiger partial charge in [0.2, 0.25) is 5.95 Å². The summed E-state index contributed by atoms with van der Waals surface area (Å²) < 4.78 is 0. The Morgan fingerprint density at radius 2 is 1.80 bits per heavy atom. The van der Waals surface area contributed by atoms with Gasteiger partial charge in [0.1, 0.15) is 0 Å². The molecule has 0 atom stereocenters. The second-order valence-corrected chi connectivity index (χ2v) is 5.18. The van der Waals surface area contributed by atoms with Crippen molar-refractivity contribution in [3.8, 4) is 0 Å². The minimum Gasteiger partial charge on any atom is -0.339 e. The Morgan fingerprint density at radius 1 is 1.05 bits per heavy atom. The van der Waals surface area contributed by atoms with Gasteiger partial charge < -0.3 is 10.2 Å². The smallest absolute Gasteiger partial charge is 0.247 e. The number of aryl methyl sites for hydroxylation is 1. The molecule has 0 saturated carbocycles. The van der Waals surface area contributed by atoms with Crippen molar-refractivity contribution >= 4 is 17.5 Å². The lowest BCUT2D eigenvalue weighted by Crippen LogP contribution is -2.31. The van der Waals surface area contributed by atoms with Gasteiger partial charge in [-0.1, -0.05) is 17.7 Å². The molecule has 0 radical (unpaired) electrons. The fraction of sp³-hybridized carbons (Fsp3) is 0.400. The van der Waals surface area contributed by atoms with Crippen LogP contribution < -0.4 is 10.2 Å². The molecule has 3 rings (SSSR count). The summed E-state index contributed by atoms with van der Waals surface area (Å²) in [5.74, 6) is 1.46. The molecule has 0 spiro atoms. The molecular weight excluding hydrogens is 250 g/mol. The maximum absolute atomic E-state index is 4.56. The highest BCUT2D eigenvalue weighted by Crippen LogP contribution is 2.18. The van der Waals surface area contributed by atoms with Crippen molar-refractivity contribution in [2.24, 2.45) is 0 Å².